The third kappa shape index (κ3) is 2.68. The fourth-order valence-electron chi connectivity index (χ4n) is 2.12. The van der Waals surface area contributed by atoms with Gasteiger partial charge in [0.15, 0.2) is 0 Å². The Balaban J connectivity index is 2.27. The zero-order chi connectivity index (χ0) is 13.1. The van der Waals surface area contributed by atoms with E-state index in [2.05, 4.69) is 4.98 Å². The third-order valence-electron chi connectivity index (χ3n) is 3.25. The smallest absolute Gasteiger partial charge is 0.0842 e. The van der Waals surface area contributed by atoms with Crippen molar-refractivity contribution in [2.45, 2.75) is 32.5 Å². The minimum Gasteiger partial charge on any atom is -0.390 e. The molecule has 1 aromatic carbocycles. The van der Waals surface area contributed by atoms with E-state index >= 15 is 0 Å². The molecule has 0 amide bonds. The number of hydrogen-bond acceptors (Lipinski definition) is 3. The molecule has 0 aliphatic carbocycles. The number of hydrogen-bond donors (Lipinski definition) is 2. The summed E-state index contributed by atoms with van der Waals surface area (Å²) in [6.07, 6.45) is 0.752. The van der Waals surface area contributed by atoms with Crippen LogP contribution in [0, 0.1) is 5.92 Å². The van der Waals surface area contributed by atoms with Crippen LogP contribution in [-0.2, 0) is 6.42 Å². The monoisotopic (exact) mass is 245 g/mol. The molecule has 18 heavy (non-hydrogen) atoms. The van der Waals surface area contributed by atoms with Crippen LogP contribution >= 0.6 is 0 Å². The van der Waals surface area contributed by atoms with Gasteiger partial charge in [0.2, 0.25) is 0 Å². The molecule has 3 nitrogen and oxygen atoms in total. The second-order valence-electron chi connectivity index (χ2n) is 4.99. The van der Waals surface area contributed by atoms with Crippen molar-refractivity contribution in [3.63, 3.8) is 0 Å². The number of fused-ring (bicyclic) bond motifs is 1. The second-order valence-corrected chi connectivity index (χ2v) is 4.99. The summed E-state index contributed by atoms with van der Waals surface area (Å²) in [6, 6.07) is 9.74. The van der Waals surface area contributed by atoms with Gasteiger partial charge in [0.05, 0.1) is 17.7 Å². The van der Waals surface area contributed by atoms with Crippen molar-refractivity contribution in [3.05, 3.63) is 42.1 Å². The predicted molar refractivity (Wildman–Crippen MR) is 72.3 cm³/mol. The molecule has 0 aliphatic rings. The maximum absolute atomic E-state index is 10.0. The Bertz CT molecular complexity index is 519. The molecular weight excluding hydrogens is 226 g/mol. The van der Waals surface area contributed by atoms with Crippen LogP contribution in [0.2, 0.25) is 0 Å². The van der Waals surface area contributed by atoms with Crippen molar-refractivity contribution in [3.8, 4) is 0 Å². The highest BCUT2D eigenvalue weighted by Crippen LogP contribution is 2.19. The molecule has 0 saturated heterocycles. The molecule has 0 radical (unpaired) electrons. The normalized spacial score (nSPS) is 14.9. The molecule has 3 heteroatoms. The van der Waals surface area contributed by atoms with E-state index in [9.17, 15) is 10.2 Å². The average Bonchev–Trinajstić information content (AvgIpc) is 2.38. The van der Waals surface area contributed by atoms with Gasteiger partial charge in [-0.3, -0.25) is 4.98 Å². The lowest BCUT2D eigenvalue weighted by Crippen LogP contribution is -2.32. The average molecular weight is 245 g/mol. The van der Waals surface area contributed by atoms with Gasteiger partial charge in [-0.05, 0) is 23.6 Å². The van der Waals surface area contributed by atoms with Gasteiger partial charge in [0, 0.05) is 18.0 Å². The van der Waals surface area contributed by atoms with E-state index in [-0.39, 0.29) is 5.92 Å². The van der Waals surface area contributed by atoms with Crippen molar-refractivity contribution in [2.24, 2.45) is 5.92 Å². The zero-order valence-electron chi connectivity index (χ0n) is 10.7. The minimum absolute atomic E-state index is 0.0492. The summed E-state index contributed by atoms with van der Waals surface area (Å²) in [5.41, 5.74) is 1.94. The topological polar surface area (TPSA) is 53.4 Å². The Hall–Kier alpha value is -1.45. The number of aromatic nitrogens is 1. The number of aliphatic hydroxyl groups is 2. The number of pyridine rings is 1. The summed E-state index contributed by atoms with van der Waals surface area (Å²) in [4.78, 5) is 4.28. The van der Waals surface area contributed by atoms with E-state index < -0.39 is 12.2 Å². The van der Waals surface area contributed by atoms with Crippen molar-refractivity contribution in [2.75, 3.05) is 0 Å². The van der Waals surface area contributed by atoms with Crippen LogP contribution in [0.15, 0.2) is 36.5 Å². The van der Waals surface area contributed by atoms with E-state index in [1.807, 2.05) is 44.2 Å². The summed E-state index contributed by atoms with van der Waals surface area (Å²) < 4.78 is 0. The Morgan fingerprint density at radius 2 is 1.83 bits per heavy atom. The zero-order valence-corrected chi connectivity index (χ0v) is 10.7. The van der Waals surface area contributed by atoms with E-state index in [0.29, 0.717) is 6.42 Å². The van der Waals surface area contributed by atoms with E-state index in [4.69, 9.17) is 0 Å². The van der Waals surface area contributed by atoms with Crippen molar-refractivity contribution >= 4 is 10.9 Å². The van der Waals surface area contributed by atoms with E-state index in [1.54, 1.807) is 6.20 Å². The predicted octanol–water partition coefficient (Wildman–Crippen LogP) is 2.16. The fraction of sp³-hybridized carbons (Fsp3) is 0.400. The summed E-state index contributed by atoms with van der Waals surface area (Å²) in [6.45, 7) is 3.80. The first-order chi connectivity index (χ1) is 8.59. The molecule has 2 atom stereocenters. The number of aliphatic hydroxyl groups excluding tert-OH is 2. The van der Waals surface area contributed by atoms with Crippen LogP contribution in [0.4, 0.5) is 0 Å². The van der Waals surface area contributed by atoms with Gasteiger partial charge in [-0.1, -0.05) is 32.0 Å². The molecule has 2 N–H and O–H groups in total. The summed E-state index contributed by atoms with van der Waals surface area (Å²) >= 11 is 0. The molecule has 1 aromatic heterocycles. The maximum Gasteiger partial charge on any atom is 0.0842 e. The van der Waals surface area contributed by atoms with Gasteiger partial charge in [-0.2, -0.15) is 0 Å². The molecule has 1 heterocycles. The first kappa shape index (κ1) is 13.0. The Morgan fingerprint density at radius 3 is 2.56 bits per heavy atom. The molecule has 0 fully saturated rings. The minimum atomic E-state index is -0.740. The quantitative estimate of drug-likeness (QED) is 0.868. The molecule has 0 spiro atoms. The van der Waals surface area contributed by atoms with Crippen LogP contribution in [0.25, 0.3) is 10.9 Å². The van der Waals surface area contributed by atoms with Gasteiger partial charge < -0.3 is 10.2 Å². The first-order valence-electron chi connectivity index (χ1n) is 6.28. The Morgan fingerprint density at radius 1 is 1.11 bits per heavy atom. The van der Waals surface area contributed by atoms with Crippen molar-refractivity contribution < 1.29 is 10.2 Å². The second kappa shape index (κ2) is 5.46. The molecule has 2 aromatic rings. The lowest BCUT2D eigenvalue weighted by atomic mass is 9.95. The Kier molecular flexibility index (Phi) is 3.94. The standard InChI is InChI=1S/C15H19NO2/c1-10(2)15(18)14(17)9-11-7-8-16-13-6-4-3-5-12(11)13/h3-8,10,14-15,17-18H,9H2,1-2H3. The highest BCUT2D eigenvalue weighted by molar-refractivity contribution is 5.81. The van der Waals surface area contributed by atoms with Crippen LogP contribution in [0.5, 0.6) is 0 Å². The van der Waals surface area contributed by atoms with Gasteiger partial charge in [-0.25, -0.2) is 0 Å². The van der Waals surface area contributed by atoms with E-state index in [0.717, 1.165) is 16.5 Å². The van der Waals surface area contributed by atoms with Gasteiger partial charge in [-0.15, -0.1) is 0 Å². The fourth-order valence-corrected chi connectivity index (χ4v) is 2.12. The number of nitrogens with zero attached hydrogens (tertiary/aromatic N) is 1. The SMILES string of the molecule is CC(C)C(O)C(O)Cc1ccnc2ccccc12. The Labute approximate surface area is 107 Å². The van der Waals surface area contributed by atoms with Crippen LogP contribution in [0.3, 0.4) is 0 Å². The van der Waals surface area contributed by atoms with Crippen molar-refractivity contribution in [1.29, 1.82) is 0 Å². The lowest BCUT2D eigenvalue weighted by molar-refractivity contribution is -0.00715. The number of benzene rings is 1. The first-order valence-corrected chi connectivity index (χ1v) is 6.28. The largest absolute Gasteiger partial charge is 0.390 e. The lowest BCUT2D eigenvalue weighted by Gasteiger charge is -2.21. The molecule has 0 bridgehead atoms. The summed E-state index contributed by atoms with van der Waals surface area (Å²) in [7, 11) is 0. The van der Waals surface area contributed by atoms with Gasteiger partial charge in [0.1, 0.15) is 0 Å². The van der Waals surface area contributed by atoms with Crippen molar-refractivity contribution in [1.82, 2.24) is 4.98 Å². The summed E-state index contributed by atoms with van der Waals surface area (Å²) in [5.74, 6) is 0.0492. The molecule has 96 valence electrons. The van der Waals surface area contributed by atoms with Gasteiger partial charge >= 0.3 is 0 Å². The number of rotatable bonds is 4. The maximum atomic E-state index is 10.0. The highest BCUT2D eigenvalue weighted by atomic mass is 16.3. The van der Waals surface area contributed by atoms with Crippen LogP contribution in [-0.4, -0.2) is 27.4 Å². The third-order valence-corrected chi connectivity index (χ3v) is 3.25. The molecule has 2 rings (SSSR count). The van der Waals surface area contributed by atoms with Gasteiger partial charge in [0.25, 0.3) is 0 Å². The van der Waals surface area contributed by atoms with E-state index in [1.165, 1.54) is 0 Å². The highest BCUT2D eigenvalue weighted by Gasteiger charge is 2.20. The summed E-state index contributed by atoms with van der Waals surface area (Å²) in [5, 5.41) is 20.9. The molecule has 0 aliphatic heterocycles. The molecule has 0 saturated carbocycles. The van der Waals surface area contributed by atoms with Crippen LogP contribution in [0.1, 0.15) is 19.4 Å². The number of para-hydroxylation sites is 1. The van der Waals surface area contributed by atoms with Crippen LogP contribution < -0.4 is 0 Å². The molecule has 2 unspecified atom stereocenters. The molecular formula is C15H19NO2.